The fourth-order valence-electron chi connectivity index (χ4n) is 2.25. The average Bonchev–Trinajstić information content (AvgIpc) is 2.31. The van der Waals surface area contributed by atoms with Gasteiger partial charge in [0, 0.05) is 17.5 Å². The fraction of sp³-hybridized carbons (Fsp3) is 0.857. The topological polar surface area (TPSA) is 82.3 Å². The van der Waals surface area contributed by atoms with Gasteiger partial charge in [0.15, 0.2) is 0 Å². The molecule has 0 aliphatic heterocycles. The van der Waals surface area contributed by atoms with Gasteiger partial charge in [-0.15, -0.1) is 0 Å². The van der Waals surface area contributed by atoms with Crippen molar-refractivity contribution in [2.45, 2.75) is 58.5 Å². The van der Waals surface area contributed by atoms with Crippen LogP contribution < -0.4 is 21.3 Å². The minimum Gasteiger partial charge on any atom is -0.351 e. The molecule has 0 rings (SSSR count). The lowest BCUT2D eigenvalue weighted by atomic mass is 9.86. The molecule has 0 heterocycles. The minimum atomic E-state index is -0.314. The Balaban J connectivity index is 4.29. The van der Waals surface area contributed by atoms with E-state index in [4.69, 9.17) is 0 Å². The van der Waals surface area contributed by atoms with Crippen LogP contribution in [-0.2, 0) is 9.59 Å². The predicted molar refractivity (Wildman–Crippen MR) is 81.3 cm³/mol. The van der Waals surface area contributed by atoms with E-state index in [-0.39, 0.29) is 29.4 Å². The van der Waals surface area contributed by atoms with Gasteiger partial charge in [-0.05, 0) is 41.2 Å². The summed E-state index contributed by atoms with van der Waals surface area (Å²) in [4.78, 5) is 23.0. The first-order valence-electron chi connectivity index (χ1n) is 7.09. The van der Waals surface area contributed by atoms with Gasteiger partial charge in [-0.1, -0.05) is 6.92 Å². The maximum absolute atomic E-state index is 11.6. The number of hydrogen-bond acceptors (Lipinski definition) is 4. The number of carbonyl (C=O) groups is 2. The van der Waals surface area contributed by atoms with Crippen molar-refractivity contribution in [2.24, 2.45) is 0 Å². The van der Waals surface area contributed by atoms with Crippen LogP contribution in [0.4, 0.5) is 0 Å². The number of carbonyl (C=O) groups excluding carboxylic acids is 2. The van der Waals surface area contributed by atoms with Crippen molar-refractivity contribution in [3.05, 3.63) is 0 Å². The fourth-order valence-corrected chi connectivity index (χ4v) is 2.25. The van der Waals surface area contributed by atoms with Crippen LogP contribution in [0.5, 0.6) is 0 Å². The van der Waals surface area contributed by atoms with E-state index < -0.39 is 0 Å². The maximum atomic E-state index is 11.6. The van der Waals surface area contributed by atoms with Crippen LogP contribution in [0.25, 0.3) is 0 Å². The van der Waals surface area contributed by atoms with Gasteiger partial charge in [-0.25, -0.2) is 0 Å². The summed E-state index contributed by atoms with van der Waals surface area (Å²) in [5.41, 5.74) is -0.563. The molecular weight excluding hydrogens is 256 g/mol. The molecule has 4 N–H and O–H groups in total. The quantitative estimate of drug-likeness (QED) is 0.461. The highest BCUT2D eigenvalue weighted by atomic mass is 16.2. The normalized spacial score (nSPS) is 12.1. The molecule has 0 fully saturated rings. The summed E-state index contributed by atoms with van der Waals surface area (Å²) >= 11 is 0. The van der Waals surface area contributed by atoms with Gasteiger partial charge in [0.05, 0.1) is 13.2 Å². The van der Waals surface area contributed by atoms with Crippen molar-refractivity contribution in [1.29, 1.82) is 0 Å². The van der Waals surface area contributed by atoms with Crippen LogP contribution in [-0.4, -0.2) is 43.2 Å². The first-order chi connectivity index (χ1) is 9.12. The largest absolute Gasteiger partial charge is 0.351 e. The molecule has 0 aromatic carbocycles. The first-order valence-corrected chi connectivity index (χ1v) is 7.09. The number of amides is 2. The number of rotatable bonds is 9. The molecule has 6 heteroatoms. The molecular formula is C14H30N4O2. The molecule has 0 aromatic rings. The van der Waals surface area contributed by atoms with E-state index in [0.717, 1.165) is 6.42 Å². The van der Waals surface area contributed by atoms with Gasteiger partial charge in [0.2, 0.25) is 11.8 Å². The van der Waals surface area contributed by atoms with Gasteiger partial charge < -0.3 is 21.3 Å². The second-order valence-corrected chi connectivity index (χ2v) is 6.33. The Labute approximate surface area is 122 Å². The molecule has 0 spiro atoms. The van der Waals surface area contributed by atoms with Crippen LogP contribution in [0.1, 0.15) is 47.5 Å². The molecule has 20 heavy (non-hydrogen) atoms. The van der Waals surface area contributed by atoms with Crippen molar-refractivity contribution >= 4 is 11.8 Å². The molecule has 0 saturated heterocycles. The zero-order valence-electron chi connectivity index (χ0n) is 13.6. The molecule has 0 unspecified atom stereocenters. The van der Waals surface area contributed by atoms with E-state index in [1.54, 1.807) is 7.05 Å². The average molecular weight is 286 g/mol. The van der Waals surface area contributed by atoms with Crippen LogP contribution in [0.15, 0.2) is 0 Å². The Morgan fingerprint density at radius 3 is 2.10 bits per heavy atom. The maximum Gasteiger partial charge on any atom is 0.234 e. The third kappa shape index (κ3) is 8.87. The molecule has 2 amide bonds. The second kappa shape index (κ2) is 8.21. The monoisotopic (exact) mass is 286 g/mol. The van der Waals surface area contributed by atoms with E-state index in [9.17, 15) is 9.59 Å². The van der Waals surface area contributed by atoms with E-state index in [1.807, 2.05) is 34.6 Å². The standard InChI is InChI=1S/C14H30N4O2/c1-7-11(19)18-14(4,5)9-13(2,3)17-8-12(20)16-10-15-6/h15,17H,7-10H2,1-6H3,(H,16,20)(H,18,19). The molecule has 0 aliphatic carbocycles. The third-order valence-electron chi connectivity index (χ3n) is 2.87. The lowest BCUT2D eigenvalue weighted by Gasteiger charge is -2.36. The summed E-state index contributed by atoms with van der Waals surface area (Å²) in [6, 6.07) is 0. The second-order valence-electron chi connectivity index (χ2n) is 6.33. The summed E-state index contributed by atoms with van der Waals surface area (Å²) in [6.07, 6.45) is 1.20. The van der Waals surface area contributed by atoms with Gasteiger partial charge >= 0.3 is 0 Å². The molecule has 0 aromatic heterocycles. The Morgan fingerprint density at radius 2 is 1.60 bits per heavy atom. The summed E-state index contributed by atoms with van der Waals surface area (Å²) in [5.74, 6) is -0.0135. The zero-order chi connectivity index (χ0) is 15.8. The molecule has 0 bridgehead atoms. The van der Waals surface area contributed by atoms with Crippen LogP contribution in [0.3, 0.4) is 0 Å². The van der Waals surface area contributed by atoms with Crippen LogP contribution in [0, 0.1) is 0 Å². The van der Waals surface area contributed by atoms with Gasteiger partial charge in [-0.2, -0.15) is 0 Å². The van der Waals surface area contributed by atoms with E-state index in [1.165, 1.54) is 0 Å². The highest BCUT2D eigenvalue weighted by molar-refractivity contribution is 5.78. The lowest BCUT2D eigenvalue weighted by Crippen LogP contribution is -2.54. The highest BCUT2D eigenvalue weighted by Crippen LogP contribution is 2.19. The van der Waals surface area contributed by atoms with Crippen molar-refractivity contribution in [2.75, 3.05) is 20.3 Å². The summed E-state index contributed by atoms with van der Waals surface area (Å²) in [5, 5.41) is 11.8. The van der Waals surface area contributed by atoms with Crippen LogP contribution >= 0.6 is 0 Å². The minimum absolute atomic E-state index is 0.0394. The molecule has 0 atom stereocenters. The van der Waals surface area contributed by atoms with Crippen molar-refractivity contribution < 1.29 is 9.59 Å². The molecule has 0 radical (unpaired) electrons. The number of nitrogens with one attached hydrogen (secondary N) is 4. The van der Waals surface area contributed by atoms with Crippen molar-refractivity contribution in [1.82, 2.24) is 21.3 Å². The first kappa shape index (κ1) is 18.9. The highest BCUT2D eigenvalue weighted by Gasteiger charge is 2.29. The Bertz CT molecular complexity index is 327. The SMILES string of the molecule is CCC(=O)NC(C)(C)CC(C)(C)NCC(=O)NCNC. The predicted octanol–water partition coefficient (Wildman–Crippen LogP) is 0.343. The Morgan fingerprint density at radius 1 is 1.00 bits per heavy atom. The molecule has 6 nitrogen and oxygen atoms in total. The van der Waals surface area contributed by atoms with Crippen molar-refractivity contribution in [3.8, 4) is 0 Å². The van der Waals surface area contributed by atoms with Gasteiger partial charge in [0.25, 0.3) is 0 Å². The third-order valence-corrected chi connectivity index (χ3v) is 2.87. The smallest absolute Gasteiger partial charge is 0.234 e. The van der Waals surface area contributed by atoms with E-state index in [0.29, 0.717) is 13.1 Å². The molecule has 118 valence electrons. The molecule has 0 aliphatic rings. The van der Waals surface area contributed by atoms with Gasteiger partial charge in [0.1, 0.15) is 0 Å². The van der Waals surface area contributed by atoms with Crippen LogP contribution in [0.2, 0.25) is 0 Å². The van der Waals surface area contributed by atoms with E-state index in [2.05, 4.69) is 21.3 Å². The molecule has 0 saturated carbocycles. The Hall–Kier alpha value is -1.14. The van der Waals surface area contributed by atoms with Crippen molar-refractivity contribution in [3.63, 3.8) is 0 Å². The summed E-state index contributed by atoms with van der Waals surface area (Å²) in [7, 11) is 1.77. The summed E-state index contributed by atoms with van der Waals surface area (Å²) < 4.78 is 0. The number of hydrogen-bond donors (Lipinski definition) is 4. The summed E-state index contributed by atoms with van der Waals surface area (Å²) in [6.45, 7) is 10.6. The lowest BCUT2D eigenvalue weighted by molar-refractivity contribution is -0.123. The van der Waals surface area contributed by atoms with E-state index >= 15 is 0 Å². The zero-order valence-corrected chi connectivity index (χ0v) is 13.6. The Kier molecular flexibility index (Phi) is 7.75. The van der Waals surface area contributed by atoms with Gasteiger partial charge in [-0.3, -0.25) is 9.59 Å².